The van der Waals surface area contributed by atoms with Gasteiger partial charge in [0.25, 0.3) is 0 Å². The Balaban J connectivity index is 1.87. The number of benzene rings is 1. The van der Waals surface area contributed by atoms with Crippen molar-refractivity contribution in [2.45, 2.75) is 6.04 Å². The van der Waals surface area contributed by atoms with E-state index >= 15 is 0 Å². The summed E-state index contributed by atoms with van der Waals surface area (Å²) in [5.74, 6) is 0.654. The van der Waals surface area contributed by atoms with Crippen LogP contribution in [0.5, 0.6) is 0 Å². The van der Waals surface area contributed by atoms with Crippen molar-refractivity contribution in [2.75, 3.05) is 19.6 Å². The van der Waals surface area contributed by atoms with Crippen LogP contribution in [0.3, 0.4) is 0 Å². The molecule has 2 aromatic rings. The van der Waals surface area contributed by atoms with Crippen LogP contribution in [0.2, 0.25) is 0 Å². The molecule has 1 aliphatic heterocycles. The quantitative estimate of drug-likeness (QED) is 0.882. The molecule has 1 aliphatic rings. The summed E-state index contributed by atoms with van der Waals surface area (Å²) in [5, 5.41) is 13.2. The summed E-state index contributed by atoms with van der Waals surface area (Å²) in [6, 6.07) is 9.44. The lowest BCUT2D eigenvalue weighted by Crippen LogP contribution is -2.48. The number of hydrogen-bond donors (Lipinski definition) is 2. The highest BCUT2D eigenvalue weighted by atomic mass is 32.1. The summed E-state index contributed by atoms with van der Waals surface area (Å²) in [6.45, 7) is 1.73. The van der Waals surface area contributed by atoms with Gasteiger partial charge in [0, 0.05) is 25.2 Å². The molecule has 1 fully saturated rings. The molecule has 2 N–H and O–H groups in total. The zero-order valence-electron chi connectivity index (χ0n) is 10.7. The van der Waals surface area contributed by atoms with Crippen molar-refractivity contribution < 1.29 is 9.90 Å². The molecule has 1 atom stereocenters. The molecule has 0 bridgehead atoms. The molecule has 2 heterocycles. The molecule has 104 valence electrons. The van der Waals surface area contributed by atoms with Crippen LogP contribution in [0.15, 0.2) is 30.3 Å². The predicted molar refractivity (Wildman–Crippen MR) is 75.7 cm³/mol. The molecule has 0 radical (unpaired) electrons. The Kier molecular flexibility index (Phi) is 3.62. The molecule has 0 saturated carbocycles. The Labute approximate surface area is 120 Å². The number of carbonyl (C=O) groups is 1. The molecular formula is C13H14N4O2S. The summed E-state index contributed by atoms with van der Waals surface area (Å²) < 4.78 is 4.34. The zero-order valence-corrected chi connectivity index (χ0v) is 11.5. The molecule has 20 heavy (non-hydrogen) atoms. The second-order valence-corrected chi connectivity index (χ2v) is 5.30. The molecule has 0 aliphatic carbocycles. The van der Waals surface area contributed by atoms with Crippen molar-refractivity contribution in [3.63, 3.8) is 0 Å². The molecule has 1 saturated heterocycles. The van der Waals surface area contributed by atoms with Crippen molar-refractivity contribution in [2.24, 2.45) is 0 Å². The van der Waals surface area contributed by atoms with E-state index < -0.39 is 6.09 Å². The van der Waals surface area contributed by atoms with Gasteiger partial charge in [-0.3, -0.25) is 4.90 Å². The Morgan fingerprint density at radius 2 is 2.20 bits per heavy atom. The molecule has 7 heteroatoms. The summed E-state index contributed by atoms with van der Waals surface area (Å²) in [6.07, 6.45) is -0.909. The minimum Gasteiger partial charge on any atom is -0.465 e. The first-order chi connectivity index (χ1) is 9.75. The number of rotatable bonds is 2. The van der Waals surface area contributed by atoms with E-state index in [1.54, 1.807) is 0 Å². The Morgan fingerprint density at radius 3 is 2.95 bits per heavy atom. The molecule has 1 aromatic carbocycles. The fourth-order valence-electron chi connectivity index (χ4n) is 2.23. The minimum atomic E-state index is -0.909. The van der Waals surface area contributed by atoms with E-state index in [0.717, 1.165) is 10.6 Å². The van der Waals surface area contributed by atoms with Gasteiger partial charge in [0.2, 0.25) is 0 Å². The summed E-state index contributed by atoms with van der Waals surface area (Å²) >= 11 is 1.27. The molecule has 1 aromatic heterocycles. The van der Waals surface area contributed by atoms with E-state index in [9.17, 15) is 9.90 Å². The molecule has 6 nitrogen and oxygen atoms in total. The van der Waals surface area contributed by atoms with Crippen molar-refractivity contribution in [1.29, 1.82) is 0 Å². The van der Waals surface area contributed by atoms with Crippen LogP contribution in [-0.4, -0.2) is 45.1 Å². The van der Waals surface area contributed by atoms with Gasteiger partial charge in [-0.15, -0.1) is 0 Å². The number of aromatic nitrogens is 2. The average molecular weight is 290 g/mol. The zero-order chi connectivity index (χ0) is 13.9. The van der Waals surface area contributed by atoms with Gasteiger partial charge in [-0.2, -0.15) is 4.37 Å². The monoisotopic (exact) mass is 290 g/mol. The Morgan fingerprint density at radius 1 is 1.40 bits per heavy atom. The average Bonchev–Trinajstić information content (AvgIpc) is 2.98. The maximum absolute atomic E-state index is 11.3. The summed E-state index contributed by atoms with van der Waals surface area (Å²) in [4.78, 5) is 17.2. The lowest BCUT2D eigenvalue weighted by Gasteiger charge is -2.32. The van der Waals surface area contributed by atoms with Crippen LogP contribution in [0.1, 0.15) is 11.0 Å². The predicted octanol–water partition coefficient (Wildman–Crippen LogP) is 1.83. The maximum Gasteiger partial charge on any atom is 0.407 e. The van der Waals surface area contributed by atoms with Gasteiger partial charge in [0.05, 0.1) is 0 Å². The second-order valence-electron chi connectivity index (χ2n) is 4.52. The highest BCUT2D eigenvalue weighted by molar-refractivity contribution is 7.05. The van der Waals surface area contributed by atoms with E-state index in [1.165, 1.54) is 16.4 Å². The van der Waals surface area contributed by atoms with Gasteiger partial charge in [-0.25, -0.2) is 9.78 Å². The van der Waals surface area contributed by atoms with Crippen molar-refractivity contribution in [3.05, 3.63) is 35.3 Å². The van der Waals surface area contributed by atoms with Gasteiger partial charge >= 0.3 is 6.09 Å². The van der Waals surface area contributed by atoms with E-state index in [-0.39, 0.29) is 6.04 Å². The third-order valence-electron chi connectivity index (χ3n) is 3.25. The van der Waals surface area contributed by atoms with Gasteiger partial charge in [-0.05, 0) is 11.5 Å². The molecule has 0 spiro atoms. The largest absolute Gasteiger partial charge is 0.465 e. The number of amides is 1. The van der Waals surface area contributed by atoms with Crippen molar-refractivity contribution in [3.8, 4) is 11.4 Å². The van der Waals surface area contributed by atoms with Gasteiger partial charge < -0.3 is 10.4 Å². The van der Waals surface area contributed by atoms with E-state index in [2.05, 4.69) is 14.7 Å². The smallest absolute Gasteiger partial charge is 0.407 e. The molecular weight excluding hydrogens is 276 g/mol. The Bertz CT molecular complexity index is 601. The van der Waals surface area contributed by atoms with E-state index in [4.69, 9.17) is 0 Å². The van der Waals surface area contributed by atoms with Crippen LogP contribution in [0.25, 0.3) is 11.4 Å². The lowest BCUT2D eigenvalue weighted by molar-refractivity contribution is 0.112. The molecule has 1 amide bonds. The fourth-order valence-corrected chi connectivity index (χ4v) is 3.01. The van der Waals surface area contributed by atoms with Crippen molar-refractivity contribution >= 4 is 17.6 Å². The van der Waals surface area contributed by atoms with E-state index in [0.29, 0.717) is 25.5 Å². The lowest BCUT2D eigenvalue weighted by atomic mass is 10.2. The maximum atomic E-state index is 11.3. The minimum absolute atomic E-state index is 0.254. The van der Waals surface area contributed by atoms with Gasteiger partial charge in [0.1, 0.15) is 11.0 Å². The number of carboxylic acid groups (broad SMARTS) is 1. The number of piperazine rings is 1. The standard InChI is InChI=1S/C13H14N4O2S/c18-13(19)17-7-6-14-8-10(17)12-15-11(16-20-12)9-4-2-1-3-5-9/h1-5,10,14H,6-8H2,(H,18,19). The SMILES string of the molecule is O=C(O)N1CCNCC1c1nc(-c2ccccc2)ns1. The highest BCUT2D eigenvalue weighted by Crippen LogP contribution is 2.26. The summed E-state index contributed by atoms with van der Waals surface area (Å²) in [5.41, 5.74) is 0.945. The van der Waals surface area contributed by atoms with Gasteiger partial charge in [-0.1, -0.05) is 30.3 Å². The third kappa shape index (κ3) is 2.50. The van der Waals surface area contributed by atoms with Crippen LogP contribution in [0, 0.1) is 0 Å². The van der Waals surface area contributed by atoms with Crippen molar-refractivity contribution in [1.82, 2.24) is 19.6 Å². The first-order valence-corrected chi connectivity index (χ1v) is 7.12. The summed E-state index contributed by atoms with van der Waals surface area (Å²) in [7, 11) is 0. The first-order valence-electron chi connectivity index (χ1n) is 6.35. The second kappa shape index (κ2) is 5.56. The number of nitrogens with one attached hydrogen (secondary N) is 1. The topological polar surface area (TPSA) is 78.4 Å². The third-order valence-corrected chi connectivity index (χ3v) is 4.06. The number of hydrogen-bond acceptors (Lipinski definition) is 5. The molecule has 3 rings (SSSR count). The van der Waals surface area contributed by atoms with E-state index in [1.807, 2.05) is 30.3 Å². The highest BCUT2D eigenvalue weighted by Gasteiger charge is 2.30. The first kappa shape index (κ1) is 13.0. The normalized spacial score (nSPS) is 19.0. The van der Waals surface area contributed by atoms with Crippen LogP contribution < -0.4 is 5.32 Å². The van der Waals surface area contributed by atoms with Crippen LogP contribution >= 0.6 is 11.5 Å². The molecule has 1 unspecified atom stereocenters. The fraction of sp³-hybridized carbons (Fsp3) is 0.308. The number of nitrogens with zero attached hydrogens (tertiary/aromatic N) is 3. The van der Waals surface area contributed by atoms with Gasteiger partial charge in [0.15, 0.2) is 5.82 Å². The van der Waals surface area contributed by atoms with Crippen LogP contribution in [0.4, 0.5) is 4.79 Å². The Hall–Kier alpha value is -1.99. The van der Waals surface area contributed by atoms with Crippen LogP contribution in [-0.2, 0) is 0 Å².